The number of rotatable bonds is 3. The van der Waals surface area contributed by atoms with Gasteiger partial charge in [0, 0.05) is 12.0 Å². The van der Waals surface area contributed by atoms with Gasteiger partial charge in [-0.25, -0.2) is 4.39 Å². The summed E-state index contributed by atoms with van der Waals surface area (Å²) in [6, 6.07) is 6.29. The molecule has 1 aliphatic carbocycles. The third kappa shape index (κ3) is 2.67. The molecule has 0 saturated heterocycles. The average Bonchev–Trinajstić information content (AvgIpc) is 2.65. The summed E-state index contributed by atoms with van der Waals surface area (Å²) in [4.78, 5) is 0. The molecule has 0 bridgehead atoms. The van der Waals surface area contributed by atoms with Crippen molar-refractivity contribution >= 4 is 0 Å². The molecule has 3 N–H and O–H groups in total. The number of hydrogen-bond donors (Lipinski definition) is 2. The van der Waals surface area contributed by atoms with Crippen LogP contribution in [0, 0.1) is 11.2 Å². The molecule has 106 valence electrons. The molecular formula is C16H24FNO. The van der Waals surface area contributed by atoms with Crippen LogP contribution < -0.4 is 5.73 Å². The van der Waals surface area contributed by atoms with E-state index in [1.54, 1.807) is 19.1 Å². The molecule has 1 aromatic rings. The van der Waals surface area contributed by atoms with Crippen molar-refractivity contribution in [3.8, 4) is 0 Å². The summed E-state index contributed by atoms with van der Waals surface area (Å²) in [5, 5.41) is 11.1. The summed E-state index contributed by atoms with van der Waals surface area (Å²) in [6.45, 7) is 2.23. The van der Waals surface area contributed by atoms with E-state index in [-0.39, 0.29) is 11.2 Å². The first kappa shape index (κ1) is 14.5. The SMILES string of the molecule is CC(O)(c1cccc(F)c1)C1(CN)CCCCCC1. The van der Waals surface area contributed by atoms with Gasteiger partial charge in [-0.05, 0) is 37.5 Å². The van der Waals surface area contributed by atoms with Gasteiger partial charge in [-0.15, -0.1) is 0 Å². The fraction of sp³-hybridized carbons (Fsp3) is 0.625. The predicted octanol–water partition coefficient (Wildman–Crippen LogP) is 3.33. The van der Waals surface area contributed by atoms with E-state index in [2.05, 4.69) is 0 Å². The number of hydrogen-bond acceptors (Lipinski definition) is 2. The molecule has 2 nitrogen and oxygen atoms in total. The van der Waals surface area contributed by atoms with E-state index in [4.69, 9.17) is 5.73 Å². The van der Waals surface area contributed by atoms with Gasteiger partial charge in [0.05, 0.1) is 5.60 Å². The van der Waals surface area contributed by atoms with E-state index >= 15 is 0 Å². The van der Waals surface area contributed by atoms with Gasteiger partial charge in [-0.3, -0.25) is 0 Å². The van der Waals surface area contributed by atoms with Crippen LogP contribution in [0.3, 0.4) is 0 Å². The molecule has 1 aromatic carbocycles. The van der Waals surface area contributed by atoms with E-state index in [1.165, 1.54) is 25.0 Å². The Labute approximate surface area is 114 Å². The number of halogens is 1. The average molecular weight is 265 g/mol. The lowest BCUT2D eigenvalue weighted by Crippen LogP contribution is -2.48. The maximum Gasteiger partial charge on any atom is 0.123 e. The number of nitrogens with two attached hydrogens (primary N) is 1. The largest absolute Gasteiger partial charge is 0.385 e. The summed E-state index contributed by atoms with van der Waals surface area (Å²) in [6.07, 6.45) is 6.38. The van der Waals surface area contributed by atoms with Crippen molar-refractivity contribution in [3.05, 3.63) is 35.6 Å². The number of aliphatic hydroxyl groups is 1. The Hall–Kier alpha value is -0.930. The van der Waals surface area contributed by atoms with Gasteiger partial charge in [0.1, 0.15) is 5.82 Å². The Bertz CT molecular complexity index is 423. The predicted molar refractivity (Wildman–Crippen MR) is 75.2 cm³/mol. The fourth-order valence-electron chi connectivity index (χ4n) is 3.39. The van der Waals surface area contributed by atoms with Crippen molar-refractivity contribution in [3.63, 3.8) is 0 Å². The second kappa shape index (κ2) is 5.59. The normalized spacial score (nSPS) is 22.5. The molecule has 0 spiro atoms. The molecular weight excluding hydrogens is 241 g/mol. The Balaban J connectivity index is 2.39. The monoisotopic (exact) mass is 265 g/mol. The molecule has 0 aliphatic heterocycles. The lowest BCUT2D eigenvalue weighted by Gasteiger charge is -2.45. The van der Waals surface area contributed by atoms with Crippen LogP contribution in [0.4, 0.5) is 4.39 Å². The lowest BCUT2D eigenvalue weighted by atomic mass is 9.65. The first-order valence-corrected chi connectivity index (χ1v) is 7.20. The van der Waals surface area contributed by atoms with Crippen molar-refractivity contribution in [1.82, 2.24) is 0 Å². The van der Waals surface area contributed by atoms with Crippen molar-refractivity contribution in [1.29, 1.82) is 0 Å². The second-order valence-electron chi connectivity index (χ2n) is 5.98. The summed E-state index contributed by atoms with van der Waals surface area (Å²) in [5.74, 6) is -0.307. The van der Waals surface area contributed by atoms with E-state index in [0.717, 1.165) is 25.7 Å². The Morgan fingerprint density at radius 1 is 1.26 bits per heavy atom. The van der Waals surface area contributed by atoms with E-state index in [1.807, 2.05) is 0 Å². The standard InChI is InChI=1S/C16H24FNO/c1-15(19,13-7-6-8-14(17)11-13)16(12-18)9-4-2-3-5-10-16/h6-8,11,19H,2-5,9-10,12,18H2,1H3. The first-order valence-electron chi connectivity index (χ1n) is 7.20. The lowest BCUT2D eigenvalue weighted by molar-refractivity contribution is -0.0815. The molecule has 0 aromatic heterocycles. The highest BCUT2D eigenvalue weighted by Crippen LogP contribution is 2.48. The van der Waals surface area contributed by atoms with E-state index < -0.39 is 5.60 Å². The first-order chi connectivity index (χ1) is 9.02. The van der Waals surface area contributed by atoms with Gasteiger partial charge in [0.15, 0.2) is 0 Å². The van der Waals surface area contributed by atoms with Crippen LogP contribution in [-0.4, -0.2) is 11.7 Å². The van der Waals surface area contributed by atoms with Gasteiger partial charge in [-0.2, -0.15) is 0 Å². The Morgan fingerprint density at radius 3 is 2.42 bits per heavy atom. The van der Waals surface area contributed by atoms with Crippen LogP contribution in [-0.2, 0) is 5.60 Å². The second-order valence-corrected chi connectivity index (χ2v) is 5.98. The summed E-state index contributed by atoms with van der Waals surface area (Å²) in [7, 11) is 0. The Kier molecular flexibility index (Phi) is 4.26. The maximum atomic E-state index is 13.4. The van der Waals surface area contributed by atoms with E-state index in [9.17, 15) is 9.50 Å². The highest BCUT2D eigenvalue weighted by Gasteiger charge is 2.46. The molecule has 1 saturated carbocycles. The topological polar surface area (TPSA) is 46.2 Å². The van der Waals surface area contributed by atoms with Gasteiger partial charge < -0.3 is 10.8 Å². The minimum absolute atomic E-state index is 0.307. The molecule has 2 rings (SSSR count). The maximum absolute atomic E-state index is 13.4. The quantitative estimate of drug-likeness (QED) is 0.823. The van der Waals surface area contributed by atoms with E-state index in [0.29, 0.717) is 12.1 Å². The fourth-order valence-corrected chi connectivity index (χ4v) is 3.39. The van der Waals surface area contributed by atoms with Crippen LogP contribution in [0.5, 0.6) is 0 Å². The van der Waals surface area contributed by atoms with Crippen molar-refractivity contribution in [2.45, 2.75) is 51.0 Å². The molecule has 1 fully saturated rings. The molecule has 0 radical (unpaired) electrons. The zero-order valence-electron chi connectivity index (χ0n) is 11.7. The smallest absolute Gasteiger partial charge is 0.123 e. The van der Waals surface area contributed by atoms with Gasteiger partial charge in [0.2, 0.25) is 0 Å². The van der Waals surface area contributed by atoms with Crippen molar-refractivity contribution in [2.75, 3.05) is 6.54 Å². The van der Waals surface area contributed by atoms with Crippen LogP contribution in [0.1, 0.15) is 51.0 Å². The zero-order chi connectivity index (χ0) is 13.9. The van der Waals surface area contributed by atoms with Gasteiger partial charge in [0.25, 0.3) is 0 Å². The summed E-state index contributed by atoms with van der Waals surface area (Å²) in [5.41, 5.74) is 5.24. The highest BCUT2D eigenvalue weighted by molar-refractivity contribution is 5.26. The molecule has 1 aliphatic rings. The molecule has 1 atom stereocenters. The zero-order valence-corrected chi connectivity index (χ0v) is 11.7. The number of benzene rings is 1. The van der Waals surface area contributed by atoms with Gasteiger partial charge in [-0.1, -0.05) is 37.8 Å². The van der Waals surface area contributed by atoms with Crippen molar-refractivity contribution in [2.24, 2.45) is 11.1 Å². The minimum Gasteiger partial charge on any atom is -0.385 e. The molecule has 1 unspecified atom stereocenters. The van der Waals surface area contributed by atoms with Crippen LogP contribution >= 0.6 is 0 Å². The molecule has 0 heterocycles. The third-order valence-electron chi connectivity index (χ3n) is 4.87. The van der Waals surface area contributed by atoms with Crippen LogP contribution in [0.25, 0.3) is 0 Å². The molecule has 0 amide bonds. The summed E-state index contributed by atoms with van der Waals surface area (Å²) < 4.78 is 13.4. The third-order valence-corrected chi connectivity index (χ3v) is 4.87. The van der Waals surface area contributed by atoms with Crippen LogP contribution in [0.15, 0.2) is 24.3 Å². The summed E-state index contributed by atoms with van der Waals surface area (Å²) >= 11 is 0. The minimum atomic E-state index is -1.08. The highest BCUT2D eigenvalue weighted by atomic mass is 19.1. The van der Waals surface area contributed by atoms with Crippen LogP contribution in [0.2, 0.25) is 0 Å². The molecule has 19 heavy (non-hydrogen) atoms. The Morgan fingerprint density at radius 2 is 1.89 bits per heavy atom. The van der Waals surface area contributed by atoms with Gasteiger partial charge >= 0.3 is 0 Å². The molecule has 3 heteroatoms. The van der Waals surface area contributed by atoms with Crippen molar-refractivity contribution < 1.29 is 9.50 Å².